The molecular weight excluding hydrogens is 422 g/mol. The number of nitrogens with one attached hydrogen (secondary N) is 1. The number of carbonyl (C=O) groups is 2. The lowest BCUT2D eigenvalue weighted by atomic mass is 9.86. The molecule has 2 saturated heterocycles. The van der Waals surface area contributed by atoms with E-state index in [1.54, 1.807) is 11.3 Å². The highest BCUT2D eigenvalue weighted by atomic mass is 32.1. The lowest BCUT2D eigenvalue weighted by Gasteiger charge is -2.40. The van der Waals surface area contributed by atoms with Crippen LogP contribution < -0.4 is 5.32 Å². The fourth-order valence-electron chi connectivity index (χ4n) is 4.99. The zero-order chi connectivity index (χ0) is 22.5. The zero-order valence-electron chi connectivity index (χ0n) is 18.6. The second kappa shape index (κ2) is 7.94. The Morgan fingerprint density at radius 2 is 1.84 bits per heavy atom. The first-order valence-electron chi connectivity index (χ1n) is 11.0. The van der Waals surface area contributed by atoms with Crippen molar-refractivity contribution in [2.24, 2.45) is 0 Å². The third kappa shape index (κ3) is 3.67. The number of piperidine rings is 1. The van der Waals surface area contributed by atoms with Gasteiger partial charge in [-0.3, -0.25) is 19.6 Å². The quantitative estimate of drug-likeness (QED) is 0.610. The summed E-state index contributed by atoms with van der Waals surface area (Å²) in [5.74, 6) is -0.106. The molecule has 0 bridgehead atoms. The minimum atomic E-state index is -0.788. The molecule has 7 nitrogen and oxygen atoms in total. The van der Waals surface area contributed by atoms with Crippen molar-refractivity contribution < 1.29 is 9.59 Å². The van der Waals surface area contributed by atoms with E-state index >= 15 is 0 Å². The van der Waals surface area contributed by atoms with Crippen molar-refractivity contribution in [2.75, 3.05) is 13.1 Å². The minimum Gasteiger partial charge on any atom is -0.323 e. The highest BCUT2D eigenvalue weighted by Crippen LogP contribution is 2.34. The number of nitrogens with zero attached hydrogens (tertiary/aromatic N) is 4. The van der Waals surface area contributed by atoms with Crippen molar-refractivity contribution in [1.29, 1.82) is 0 Å². The Morgan fingerprint density at radius 1 is 1.12 bits per heavy atom. The molecule has 1 aromatic carbocycles. The van der Waals surface area contributed by atoms with Gasteiger partial charge >= 0.3 is 6.03 Å². The number of hydrogen-bond donors (Lipinski definition) is 1. The molecule has 3 aromatic rings. The van der Waals surface area contributed by atoms with Crippen LogP contribution in [0.1, 0.15) is 48.3 Å². The maximum atomic E-state index is 13.3. The molecule has 1 unspecified atom stereocenters. The van der Waals surface area contributed by atoms with Crippen LogP contribution >= 0.6 is 11.3 Å². The molecule has 0 saturated carbocycles. The second-order valence-electron chi connectivity index (χ2n) is 8.95. The lowest BCUT2D eigenvalue weighted by molar-refractivity contribution is -0.133. The number of rotatable bonds is 4. The summed E-state index contributed by atoms with van der Waals surface area (Å²) >= 11 is 1.65. The number of thiazole rings is 1. The number of urea groups is 1. The van der Waals surface area contributed by atoms with E-state index in [0.29, 0.717) is 12.8 Å². The van der Waals surface area contributed by atoms with E-state index in [4.69, 9.17) is 0 Å². The molecule has 4 heterocycles. The van der Waals surface area contributed by atoms with Crippen molar-refractivity contribution in [1.82, 2.24) is 25.1 Å². The molecule has 3 amide bonds. The molecule has 2 aliphatic heterocycles. The molecule has 8 heteroatoms. The number of pyridine rings is 1. The maximum Gasteiger partial charge on any atom is 0.325 e. The van der Waals surface area contributed by atoms with Crippen LogP contribution in [-0.4, -0.2) is 50.3 Å². The van der Waals surface area contributed by atoms with Crippen molar-refractivity contribution in [2.45, 2.75) is 51.7 Å². The summed E-state index contributed by atoms with van der Waals surface area (Å²) in [7, 11) is 0. The monoisotopic (exact) mass is 449 g/mol. The normalized spacial score (nSPS) is 19.7. The zero-order valence-corrected chi connectivity index (χ0v) is 19.4. The topological polar surface area (TPSA) is 78.4 Å². The van der Waals surface area contributed by atoms with Crippen LogP contribution in [-0.2, 0) is 11.3 Å². The van der Waals surface area contributed by atoms with Crippen molar-refractivity contribution in [3.8, 4) is 0 Å². The SMILES string of the molecule is Cc1cc(CN2C(=O)NC3(CCN(C(C)c4ccc5scnc5c4)CC3)C2=O)cc(C)n1. The number of amides is 3. The van der Waals surface area contributed by atoms with Gasteiger partial charge in [0.2, 0.25) is 0 Å². The Hall–Kier alpha value is -2.84. The number of aryl methyl sites for hydroxylation is 2. The predicted molar refractivity (Wildman–Crippen MR) is 124 cm³/mol. The number of likely N-dealkylation sites (tertiary alicyclic amines) is 1. The number of fused-ring (bicyclic) bond motifs is 1. The molecule has 2 aliphatic rings. The van der Waals surface area contributed by atoms with E-state index in [-0.39, 0.29) is 24.5 Å². The first-order chi connectivity index (χ1) is 15.3. The standard InChI is InChI=1S/C24H27N5O2S/c1-15-10-18(11-16(2)26-15)13-29-22(30)24(27-23(29)31)6-8-28(9-7-24)17(3)19-4-5-21-20(12-19)25-14-32-21/h4-5,10-12,14,17H,6-9,13H2,1-3H3,(H,27,31). The molecule has 1 spiro atoms. The molecule has 0 radical (unpaired) electrons. The molecule has 5 rings (SSSR count). The number of imide groups is 1. The highest BCUT2D eigenvalue weighted by Gasteiger charge is 2.52. The van der Waals surface area contributed by atoms with Crippen molar-refractivity contribution in [3.63, 3.8) is 0 Å². The average Bonchev–Trinajstić information content (AvgIpc) is 3.31. The number of hydrogen-bond acceptors (Lipinski definition) is 6. The number of aromatic nitrogens is 2. The van der Waals surface area contributed by atoms with Gasteiger partial charge in [0.15, 0.2) is 0 Å². The fourth-order valence-corrected chi connectivity index (χ4v) is 5.65. The summed E-state index contributed by atoms with van der Waals surface area (Å²) < 4.78 is 1.19. The maximum absolute atomic E-state index is 13.3. The summed E-state index contributed by atoms with van der Waals surface area (Å²) in [6.07, 6.45) is 1.23. The van der Waals surface area contributed by atoms with E-state index in [9.17, 15) is 9.59 Å². The van der Waals surface area contributed by atoms with Crippen LogP contribution in [0.15, 0.2) is 35.8 Å². The van der Waals surface area contributed by atoms with Crippen LogP contribution in [0, 0.1) is 13.8 Å². The van der Waals surface area contributed by atoms with Gasteiger partial charge in [-0.25, -0.2) is 9.78 Å². The van der Waals surface area contributed by atoms with Gasteiger partial charge in [-0.05, 0) is 69.0 Å². The molecule has 166 valence electrons. The molecule has 0 aliphatic carbocycles. The number of benzene rings is 1. The van der Waals surface area contributed by atoms with Crippen LogP contribution in [0.25, 0.3) is 10.2 Å². The highest BCUT2D eigenvalue weighted by molar-refractivity contribution is 7.16. The smallest absolute Gasteiger partial charge is 0.323 e. The summed E-state index contributed by atoms with van der Waals surface area (Å²) in [5, 5.41) is 3.03. The van der Waals surface area contributed by atoms with Gasteiger partial charge in [0.25, 0.3) is 5.91 Å². The molecule has 1 atom stereocenters. The molecule has 2 fully saturated rings. The van der Waals surface area contributed by atoms with Gasteiger partial charge in [0.05, 0.1) is 22.3 Å². The van der Waals surface area contributed by atoms with Gasteiger partial charge in [-0.15, -0.1) is 11.3 Å². The van der Waals surface area contributed by atoms with E-state index in [1.165, 1.54) is 15.2 Å². The number of carbonyl (C=O) groups excluding carboxylic acids is 2. The van der Waals surface area contributed by atoms with Crippen molar-refractivity contribution in [3.05, 3.63) is 58.4 Å². The average molecular weight is 450 g/mol. The van der Waals surface area contributed by atoms with Gasteiger partial charge in [0.1, 0.15) is 5.54 Å². The predicted octanol–water partition coefficient (Wildman–Crippen LogP) is 3.96. The van der Waals surface area contributed by atoms with E-state index in [0.717, 1.165) is 35.6 Å². The third-order valence-electron chi connectivity index (χ3n) is 6.76. The van der Waals surface area contributed by atoms with Gasteiger partial charge in [-0.1, -0.05) is 6.07 Å². The summed E-state index contributed by atoms with van der Waals surface area (Å²) in [4.78, 5) is 38.6. The first kappa shape index (κ1) is 21.0. The Morgan fingerprint density at radius 3 is 2.56 bits per heavy atom. The second-order valence-corrected chi connectivity index (χ2v) is 9.84. The van der Waals surface area contributed by atoms with Crippen LogP contribution in [0.2, 0.25) is 0 Å². The largest absolute Gasteiger partial charge is 0.325 e. The fraction of sp³-hybridized carbons (Fsp3) is 0.417. The first-order valence-corrected chi connectivity index (χ1v) is 11.9. The summed E-state index contributed by atoms with van der Waals surface area (Å²) in [5.41, 5.74) is 6.05. The van der Waals surface area contributed by atoms with Crippen LogP contribution in [0.3, 0.4) is 0 Å². The molecule has 2 aromatic heterocycles. The minimum absolute atomic E-state index is 0.106. The third-order valence-corrected chi connectivity index (χ3v) is 7.57. The van der Waals surface area contributed by atoms with E-state index < -0.39 is 5.54 Å². The Bertz CT molecular complexity index is 1180. The van der Waals surface area contributed by atoms with Gasteiger partial charge in [0, 0.05) is 30.5 Å². The molecular formula is C24H27N5O2S. The Balaban J connectivity index is 1.28. The van der Waals surface area contributed by atoms with Crippen LogP contribution in [0.4, 0.5) is 4.79 Å². The van der Waals surface area contributed by atoms with Crippen molar-refractivity contribution >= 4 is 33.5 Å². The molecule has 1 N–H and O–H groups in total. The van der Waals surface area contributed by atoms with E-state index in [1.807, 2.05) is 31.5 Å². The van der Waals surface area contributed by atoms with Crippen LogP contribution in [0.5, 0.6) is 0 Å². The Labute approximate surface area is 191 Å². The van der Waals surface area contributed by atoms with E-state index in [2.05, 4.69) is 45.3 Å². The Kier molecular flexibility index (Phi) is 5.22. The summed E-state index contributed by atoms with van der Waals surface area (Å²) in [6.45, 7) is 7.83. The molecule has 32 heavy (non-hydrogen) atoms. The lowest BCUT2D eigenvalue weighted by Crippen LogP contribution is -2.55. The van der Waals surface area contributed by atoms with Gasteiger partial charge < -0.3 is 5.32 Å². The van der Waals surface area contributed by atoms with Gasteiger partial charge in [-0.2, -0.15) is 0 Å². The summed E-state index contributed by atoms with van der Waals surface area (Å²) in [6, 6.07) is 10.2.